The Kier molecular flexibility index (Phi) is 3.93. The van der Waals surface area contributed by atoms with Crippen molar-refractivity contribution >= 4 is 35.4 Å². The van der Waals surface area contributed by atoms with Gasteiger partial charge in [-0.15, -0.1) is 11.8 Å². The van der Waals surface area contributed by atoms with Crippen LogP contribution in [0.4, 0.5) is 0 Å². The fourth-order valence-electron chi connectivity index (χ4n) is 3.46. The largest absolute Gasteiger partial charge is 0.543 e. The van der Waals surface area contributed by atoms with E-state index in [0.717, 1.165) is 18.7 Å². The van der Waals surface area contributed by atoms with Crippen molar-refractivity contribution in [1.82, 2.24) is 9.80 Å². The van der Waals surface area contributed by atoms with Crippen molar-refractivity contribution in [2.75, 3.05) is 6.54 Å². The van der Waals surface area contributed by atoms with Crippen LogP contribution in [0.2, 0.25) is 0 Å². The molecule has 4 aliphatic rings. The fraction of sp³-hybridized carbons (Fsp3) is 0.438. The molecule has 0 aromatic carbocycles. The molecule has 6 nitrogen and oxygen atoms in total. The Hall–Kier alpha value is -1.38. The lowest BCUT2D eigenvalue weighted by atomic mass is 9.92. The molecule has 0 aromatic rings. The lowest BCUT2D eigenvalue weighted by Gasteiger charge is -2.44. The smallest absolute Gasteiger partial charge is 0.236 e. The molecule has 1 radical (unpaired) electrons. The van der Waals surface area contributed by atoms with Crippen molar-refractivity contribution in [3.05, 3.63) is 40.4 Å². The molecule has 1 amide bonds. The highest BCUT2D eigenvalue weighted by Crippen LogP contribution is 2.55. The van der Waals surface area contributed by atoms with Gasteiger partial charge >= 0.3 is 0 Å². The van der Waals surface area contributed by atoms with Crippen LogP contribution in [0.25, 0.3) is 0 Å². The van der Waals surface area contributed by atoms with Crippen molar-refractivity contribution in [1.29, 1.82) is 0 Å². The summed E-state index contributed by atoms with van der Waals surface area (Å²) >= 11 is 2.84. The number of nitrogens with zero attached hydrogens (tertiary/aromatic N) is 2. The van der Waals surface area contributed by atoms with Crippen molar-refractivity contribution in [3.63, 3.8) is 0 Å². The van der Waals surface area contributed by atoms with Crippen LogP contribution in [-0.2, 0) is 9.59 Å². The lowest BCUT2D eigenvalue weighted by molar-refractivity contribution is -0.301. The molecule has 127 valence electrons. The van der Waals surface area contributed by atoms with Gasteiger partial charge in [-0.25, -0.2) is 0 Å². The molecule has 0 saturated carbocycles. The van der Waals surface area contributed by atoms with Crippen LogP contribution in [-0.4, -0.2) is 50.1 Å². The van der Waals surface area contributed by atoms with Crippen molar-refractivity contribution in [2.45, 2.75) is 30.1 Å². The van der Waals surface area contributed by atoms with Crippen LogP contribution < -0.4 is 5.11 Å². The van der Waals surface area contributed by atoms with E-state index in [-0.39, 0.29) is 22.2 Å². The molecule has 24 heavy (non-hydrogen) atoms. The van der Waals surface area contributed by atoms with Gasteiger partial charge in [-0.3, -0.25) is 9.69 Å². The monoisotopic (exact) mass is 364 g/mol. The van der Waals surface area contributed by atoms with Gasteiger partial charge in [0, 0.05) is 12.2 Å². The predicted octanol–water partition coefficient (Wildman–Crippen LogP) is 0.240. The van der Waals surface area contributed by atoms with E-state index < -0.39 is 18.0 Å². The summed E-state index contributed by atoms with van der Waals surface area (Å²) in [4.78, 5) is 27.2. The van der Waals surface area contributed by atoms with E-state index in [2.05, 4.69) is 4.90 Å². The quantitative estimate of drug-likeness (QED) is 0.716. The number of rotatable bonds is 4. The lowest BCUT2D eigenvalue weighted by Crippen LogP contribution is -2.61. The molecule has 2 saturated heterocycles. The molecule has 0 spiro atoms. The van der Waals surface area contributed by atoms with E-state index in [1.807, 2.05) is 24.8 Å². The minimum Gasteiger partial charge on any atom is -0.543 e. The van der Waals surface area contributed by atoms with Gasteiger partial charge in [0.2, 0.25) is 5.91 Å². The van der Waals surface area contributed by atoms with Gasteiger partial charge < -0.3 is 19.9 Å². The van der Waals surface area contributed by atoms with Gasteiger partial charge in [0.15, 0.2) is 0 Å². The van der Waals surface area contributed by atoms with Crippen LogP contribution >= 0.6 is 23.5 Å². The van der Waals surface area contributed by atoms with Crippen molar-refractivity contribution < 1.29 is 19.8 Å². The molecule has 4 rings (SSSR count). The average Bonchev–Trinajstić information content (AvgIpc) is 3.07. The van der Waals surface area contributed by atoms with E-state index in [1.165, 1.54) is 28.4 Å². The zero-order valence-electron chi connectivity index (χ0n) is 12.9. The second-order valence-electron chi connectivity index (χ2n) is 6.12. The molecule has 1 unspecified atom stereocenters. The summed E-state index contributed by atoms with van der Waals surface area (Å²) in [6.45, 7) is 4.48. The number of aliphatic carboxylic acids is 1. The first-order valence-electron chi connectivity index (χ1n) is 7.77. The van der Waals surface area contributed by atoms with Crippen molar-refractivity contribution in [3.8, 4) is 0 Å². The van der Waals surface area contributed by atoms with Crippen LogP contribution in [0.1, 0.15) is 13.3 Å². The van der Waals surface area contributed by atoms with Crippen molar-refractivity contribution in [2.24, 2.45) is 5.92 Å². The zero-order valence-corrected chi connectivity index (χ0v) is 14.5. The molecule has 0 aliphatic carbocycles. The Morgan fingerprint density at radius 2 is 2.29 bits per heavy atom. The number of hydrogen-bond acceptors (Lipinski definition) is 7. The number of aliphatic hydroxyl groups excluding tert-OH is 1. The SMILES string of the molecule is C[C@@H](O)[C@H]1C(=O)N2C(C(=O)[O-])=C(SC3CCN4[CH]C=CC=C34)S[C@H]12. The van der Waals surface area contributed by atoms with Crippen LogP contribution in [0, 0.1) is 12.5 Å². The van der Waals surface area contributed by atoms with E-state index in [9.17, 15) is 19.8 Å². The first kappa shape index (κ1) is 16.1. The van der Waals surface area contributed by atoms with E-state index in [4.69, 9.17) is 0 Å². The third-order valence-electron chi connectivity index (χ3n) is 4.65. The van der Waals surface area contributed by atoms with Crippen LogP contribution in [0.15, 0.2) is 33.9 Å². The number of hydrogen-bond donors (Lipinski definition) is 1. The molecule has 0 aromatic heterocycles. The number of thioether (sulfide) groups is 2. The first-order valence-corrected chi connectivity index (χ1v) is 9.53. The minimum absolute atomic E-state index is 0.0359. The maximum absolute atomic E-state index is 12.2. The maximum Gasteiger partial charge on any atom is 0.236 e. The number of carboxylic acid groups (broad SMARTS) is 1. The number of amides is 1. The molecule has 0 bridgehead atoms. The first-order chi connectivity index (χ1) is 11.5. The third-order valence-corrected chi connectivity index (χ3v) is 7.55. The van der Waals surface area contributed by atoms with E-state index in [0.29, 0.717) is 4.24 Å². The average molecular weight is 364 g/mol. The number of aliphatic hydroxyl groups is 1. The number of β-lactam (4-membered cyclic amide) rings is 1. The Bertz CT molecular complexity index is 700. The Morgan fingerprint density at radius 3 is 3.00 bits per heavy atom. The number of fused-ring (bicyclic) bond motifs is 2. The molecule has 1 N–H and O–H groups in total. The summed E-state index contributed by atoms with van der Waals surface area (Å²) in [5.41, 5.74) is 1.12. The number of allylic oxidation sites excluding steroid dienone is 2. The van der Waals surface area contributed by atoms with Gasteiger partial charge in [0.1, 0.15) is 5.37 Å². The standard InChI is InChI=1S/C16H17N2O4S2/c1-8(19)11-13(20)18-12(15(21)22)16(24-14(11)18)23-10-5-7-17-6-3-2-4-9(10)17/h2-4,6,8,10-11,14,19H,5,7H2,1H3,(H,21,22)/p-1/t8-,10?,11+,14-/m1/s1. The summed E-state index contributed by atoms with van der Waals surface area (Å²) in [7, 11) is 0. The normalized spacial score (nSPS) is 32.5. The summed E-state index contributed by atoms with van der Waals surface area (Å²) in [5.74, 6) is -2.21. The van der Waals surface area contributed by atoms with Gasteiger partial charge in [-0.05, 0) is 19.4 Å². The Morgan fingerprint density at radius 1 is 1.50 bits per heavy atom. The second kappa shape index (κ2) is 5.86. The number of carbonyl (C=O) groups is 2. The minimum atomic E-state index is -1.33. The molecule has 4 atom stereocenters. The third kappa shape index (κ3) is 2.31. The van der Waals surface area contributed by atoms with Gasteiger partial charge in [0.25, 0.3) is 0 Å². The molecule has 4 aliphatic heterocycles. The topological polar surface area (TPSA) is 83.9 Å². The van der Waals surface area contributed by atoms with Crippen LogP contribution in [0.3, 0.4) is 0 Å². The zero-order chi connectivity index (χ0) is 17.0. The summed E-state index contributed by atoms with van der Waals surface area (Å²) in [6, 6.07) is 0. The van der Waals surface area contributed by atoms with E-state index >= 15 is 0 Å². The highest BCUT2D eigenvalue weighted by molar-refractivity contribution is 8.23. The molecule has 8 heteroatoms. The summed E-state index contributed by atoms with van der Waals surface area (Å²) in [6.07, 6.45) is 6.12. The highest BCUT2D eigenvalue weighted by atomic mass is 32.2. The second-order valence-corrected chi connectivity index (χ2v) is 8.72. The maximum atomic E-state index is 12.2. The highest BCUT2D eigenvalue weighted by Gasteiger charge is 2.56. The van der Waals surface area contributed by atoms with E-state index in [1.54, 1.807) is 6.92 Å². The fourth-order valence-corrected chi connectivity index (χ4v) is 6.76. The number of carbonyl (C=O) groups excluding carboxylic acids is 2. The molecule has 2 fully saturated rings. The Labute approximate surface area is 148 Å². The van der Waals surface area contributed by atoms with Crippen LogP contribution in [0.5, 0.6) is 0 Å². The molecular weight excluding hydrogens is 348 g/mol. The number of carboxylic acids is 1. The Balaban J connectivity index is 1.59. The van der Waals surface area contributed by atoms with Gasteiger partial charge in [-0.1, -0.05) is 23.9 Å². The summed E-state index contributed by atoms with van der Waals surface area (Å²) < 4.78 is 0.610. The van der Waals surface area contributed by atoms with Gasteiger partial charge in [-0.2, -0.15) is 0 Å². The molecular formula is C16H16N2O4S2-. The molecule has 4 heterocycles. The predicted molar refractivity (Wildman–Crippen MR) is 89.7 cm³/mol. The summed E-state index contributed by atoms with van der Waals surface area (Å²) in [5, 5.41) is 21.2. The van der Waals surface area contributed by atoms with Gasteiger partial charge in [0.05, 0.1) is 39.7 Å².